The van der Waals surface area contributed by atoms with Crippen LogP contribution in [0.15, 0.2) is 120 Å². The number of carbonyl (C=O) groups excluding carboxylic acids is 2. The average molecular weight is 663 g/mol. The summed E-state index contributed by atoms with van der Waals surface area (Å²) < 4.78 is 19.8. The van der Waals surface area contributed by atoms with Gasteiger partial charge in [-0.05, 0) is 38.6 Å². The third-order valence-electron chi connectivity index (χ3n) is 9.12. The van der Waals surface area contributed by atoms with E-state index in [1.807, 2.05) is 66.7 Å². The van der Waals surface area contributed by atoms with Gasteiger partial charge in [-0.1, -0.05) is 129 Å². The molecule has 4 aromatic carbocycles. The first-order valence-electron chi connectivity index (χ1n) is 15.9. The maximum atomic E-state index is 13.7. The van der Waals surface area contributed by atoms with Crippen LogP contribution in [0.25, 0.3) is 10.4 Å². The van der Waals surface area contributed by atoms with E-state index >= 15 is 0 Å². The molecule has 0 radical (unpaired) electrons. The Morgan fingerprint density at radius 2 is 1.33 bits per heavy atom. The van der Waals surface area contributed by atoms with Crippen molar-refractivity contribution >= 4 is 30.5 Å². The summed E-state index contributed by atoms with van der Waals surface area (Å²) in [5.41, 5.74) is 10.9. The Kier molecular flexibility index (Phi) is 9.61. The standard InChI is InChI=1S/C37H38N4O6Si/c1-37(2,3)48(26-17-9-5-10-18-26,27-19-11-6-12-20-27)46-24-30-32(42)33(45-23-25-15-7-4-8-16-25)31(34(47-30)39-40-38)41-35(43)28-21-13-14-22-29(28)36(41)44/h4-22,30-34,42H,23-24H2,1-3H3/t30-,31-,32-,33-,34-/m1/s1. The number of azide groups is 1. The van der Waals surface area contributed by atoms with Crippen molar-refractivity contribution in [3.63, 3.8) is 0 Å². The topological polar surface area (TPSA) is 134 Å². The lowest BCUT2D eigenvalue weighted by atomic mass is 9.94. The molecule has 5 atom stereocenters. The quantitative estimate of drug-likeness (QED) is 0.0815. The van der Waals surface area contributed by atoms with Crippen molar-refractivity contribution in [2.24, 2.45) is 5.11 Å². The molecule has 10 nitrogen and oxygen atoms in total. The van der Waals surface area contributed by atoms with Crippen LogP contribution in [-0.4, -0.2) is 67.3 Å². The number of amides is 2. The number of benzene rings is 4. The normalized spacial score (nSPS) is 22.7. The lowest BCUT2D eigenvalue weighted by molar-refractivity contribution is -0.217. The maximum Gasteiger partial charge on any atom is 0.261 e. The van der Waals surface area contributed by atoms with Crippen molar-refractivity contribution in [3.05, 3.63) is 142 Å². The number of hydrogen-bond donors (Lipinski definition) is 1. The Morgan fingerprint density at radius 1 is 0.833 bits per heavy atom. The highest BCUT2D eigenvalue weighted by atomic mass is 28.4. The zero-order valence-corrected chi connectivity index (χ0v) is 28.0. The highest BCUT2D eigenvalue weighted by Crippen LogP contribution is 2.39. The Labute approximate surface area is 280 Å². The van der Waals surface area contributed by atoms with Gasteiger partial charge in [0.05, 0.1) is 24.3 Å². The van der Waals surface area contributed by atoms with E-state index in [1.165, 1.54) is 0 Å². The molecule has 0 aromatic heterocycles. The molecule has 1 N–H and O–H groups in total. The van der Waals surface area contributed by atoms with Crippen LogP contribution in [-0.2, 0) is 20.5 Å². The van der Waals surface area contributed by atoms with Crippen LogP contribution >= 0.6 is 0 Å². The monoisotopic (exact) mass is 662 g/mol. The fourth-order valence-electron chi connectivity index (χ4n) is 6.89. The lowest BCUT2D eigenvalue weighted by Crippen LogP contribution is -2.69. The molecule has 0 bridgehead atoms. The fourth-order valence-corrected chi connectivity index (χ4v) is 11.5. The minimum atomic E-state index is -3.06. The summed E-state index contributed by atoms with van der Waals surface area (Å²) in [5, 5.41) is 17.7. The number of fused-ring (bicyclic) bond motifs is 1. The molecule has 4 aromatic rings. The third kappa shape index (κ3) is 6.08. The number of aliphatic hydroxyl groups excluding tert-OH is 1. The number of nitrogens with zero attached hydrogens (tertiary/aromatic N) is 4. The van der Waals surface area contributed by atoms with E-state index in [1.54, 1.807) is 24.3 Å². The number of carbonyl (C=O) groups is 2. The molecule has 1 fully saturated rings. The summed E-state index contributed by atoms with van der Waals surface area (Å²) in [5.74, 6) is -1.16. The van der Waals surface area contributed by atoms with E-state index < -0.39 is 50.7 Å². The molecular weight excluding hydrogens is 625 g/mol. The molecule has 2 amide bonds. The molecule has 1 saturated heterocycles. The van der Waals surface area contributed by atoms with Gasteiger partial charge in [-0.15, -0.1) is 0 Å². The van der Waals surface area contributed by atoms with Crippen LogP contribution in [0, 0.1) is 0 Å². The summed E-state index contributed by atoms with van der Waals surface area (Å²) in [7, 11) is -3.06. The van der Waals surface area contributed by atoms with Crippen molar-refractivity contribution < 1.29 is 28.6 Å². The SMILES string of the molecule is CC(C)(C)[Si](OC[C@H]1O[C@@H](N=[N+]=[N-])[C@H](N2C(=O)c3ccccc3C2=O)[C@@H](OCc2ccccc2)[C@@H]1O)(c1ccccc1)c1ccccc1. The van der Waals surface area contributed by atoms with Crippen molar-refractivity contribution in [2.75, 3.05) is 6.61 Å². The summed E-state index contributed by atoms with van der Waals surface area (Å²) in [6.07, 6.45) is -4.95. The van der Waals surface area contributed by atoms with E-state index in [2.05, 4.69) is 55.1 Å². The highest BCUT2D eigenvalue weighted by Gasteiger charge is 2.56. The summed E-state index contributed by atoms with van der Waals surface area (Å²) >= 11 is 0. The van der Waals surface area contributed by atoms with Gasteiger partial charge in [-0.25, -0.2) is 0 Å². The van der Waals surface area contributed by atoms with E-state index in [9.17, 15) is 20.2 Å². The van der Waals surface area contributed by atoms with E-state index in [4.69, 9.17) is 13.9 Å². The molecule has 0 saturated carbocycles. The molecule has 2 aliphatic rings. The first-order chi connectivity index (χ1) is 23.2. The number of aliphatic hydroxyl groups is 1. The fraction of sp³-hybridized carbons (Fsp3) is 0.297. The second-order valence-corrected chi connectivity index (χ2v) is 17.3. The van der Waals surface area contributed by atoms with Gasteiger partial charge in [0.2, 0.25) is 0 Å². The zero-order chi connectivity index (χ0) is 33.9. The van der Waals surface area contributed by atoms with Gasteiger partial charge in [-0.3, -0.25) is 14.5 Å². The van der Waals surface area contributed by atoms with Gasteiger partial charge < -0.3 is 19.0 Å². The van der Waals surface area contributed by atoms with Crippen LogP contribution in [0.4, 0.5) is 0 Å². The molecule has 2 aliphatic heterocycles. The van der Waals surface area contributed by atoms with E-state index in [0.29, 0.717) is 0 Å². The predicted molar refractivity (Wildman–Crippen MR) is 183 cm³/mol. The molecule has 48 heavy (non-hydrogen) atoms. The van der Waals surface area contributed by atoms with Gasteiger partial charge in [0, 0.05) is 4.91 Å². The van der Waals surface area contributed by atoms with Crippen molar-refractivity contribution in [1.82, 2.24) is 4.90 Å². The van der Waals surface area contributed by atoms with Gasteiger partial charge in [0.1, 0.15) is 24.4 Å². The molecule has 2 heterocycles. The average Bonchev–Trinajstić information content (AvgIpc) is 3.35. The number of hydrogen-bond acceptors (Lipinski definition) is 7. The molecule has 0 aliphatic carbocycles. The first kappa shape index (κ1) is 33.3. The highest BCUT2D eigenvalue weighted by molar-refractivity contribution is 6.99. The van der Waals surface area contributed by atoms with Crippen molar-refractivity contribution in [1.29, 1.82) is 0 Å². The van der Waals surface area contributed by atoms with Crippen LogP contribution in [0.5, 0.6) is 0 Å². The van der Waals surface area contributed by atoms with Gasteiger partial charge >= 0.3 is 0 Å². The van der Waals surface area contributed by atoms with Crippen LogP contribution < -0.4 is 10.4 Å². The third-order valence-corrected chi connectivity index (χ3v) is 14.1. The Morgan fingerprint density at radius 3 is 1.83 bits per heavy atom. The van der Waals surface area contributed by atoms with Gasteiger partial charge in [0.15, 0.2) is 6.23 Å². The molecule has 0 unspecified atom stereocenters. The Balaban J connectivity index is 1.39. The smallest absolute Gasteiger partial charge is 0.261 e. The van der Waals surface area contributed by atoms with Crippen LogP contribution in [0.1, 0.15) is 47.1 Å². The lowest BCUT2D eigenvalue weighted by Gasteiger charge is -2.48. The van der Waals surface area contributed by atoms with E-state index in [-0.39, 0.29) is 29.4 Å². The minimum Gasteiger partial charge on any atom is -0.405 e. The summed E-state index contributed by atoms with van der Waals surface area (Å²) in [6.45, 7) is 6.41. The Bertz CT molecular complexity index is 1720. The van der Waals surface area contributed by atoms with Crippen molar-refractivity contribution in [3.8, 4) is 0 Å². The number of ether oxygens (including phenoxy) is 2. The predicted octanol–water partition coefficient (Wildman–Crippen LogP) is 5.21. The number of imide groups is 1. The second kappa shape index (κ2) is 13.9. The maximum absolute atomic E-state index is 13.7. The zero-order valence-electron chi connectivity index (χ0n) is 27.0. The molecular formula is C37H38N4O6Si. The van der Waals surface area contributed by atoms with E-state index in [0.717, 1.165) is 20.8 Å². The Hall–Kier alpha value is -4.61. The summed E-state index contributed by atoms with van der Waals surface area (Å²) in [6, 6.07) is 34.7. The second-order valence-electron chi connectivity index (χ2n) is 13.0. The molecule has 0 spiro atoms. The minimum absolute atomic E-state index is 0.0630. The van der Waals surface area contributed by atoms with Gasteiger partial charge in [0.25, 0.3) is 20.1 Å². The first-order valence-corrected chi connectivity index (χ1v) is 17.8. The van der Waals surface area contributed by atoms with Gasteiger partial charge in [-0.2, -0.15) is 0 Å². The van der Waals surface area contributed by atoms with Crippen LogP contribution in [0.2, 0.25) is 5.04 Å². The van der Waals surface area contributed by atoms with Crippen LogP contribution in [0.3, 0.4) is 0 Å². The largest absolute Gasteiger partial charge is 0.405 e. The van der Waals surface area contributed by atoms with Crippen molar-refractivity contribution in [2.45, 2.75) is 63.0 Å². The molecule has 246 valence electrons. The molecule has 11 heteroatoms. The summed E-state index contributed by atoms with van der Waals surface area (Å²) in [4.78, 5) is 31.4. The number of rotatable bonds is 10. The molecule has 6 rings (SSSR count).